The summed E-state index contributed by atoms with van der Waals surface area (Å²) in [5.41, 5.74) is 0.678. The van der Waals surface area contributed by atoms with Crippen molar-refractivity contribution in [1.29, 1.82) is 0 Å². The summed E-state index contributed by atoms with van der Waals surface area (Å²) in [4.78, 5) is 12.5. The summed E-state index contributed by atoms with van der Waals surface area (Å²) in [5.74, 6) is -0.495. The van der Waals surface area contributed by atoms with Gasteiger partial charge in [0.2, 0.25) is 0 Å². The SMILES string of the molecule is COc1ccc(S(=O)(=O)N(C)c2ccc(C(=O)Nc3cccc(F)c3)c(Cl)c2)cc1. The molecular formula is C21H18ClFN2O4S. The van der Waals surface area contributed by atoms with E-state index in [2.05, 4.69) is 5.32 Å². The van der Waals surface area contributed by atoms with Gasteiger partial charge in [-0.3, -0.25) is 9.10 Å². The van der Waals surface area contributed by atoms with E-state index in [0.29, 0.717) is 5.75 Å². The third kappa shape index (κ3) is 4.55. The summed E-state index contributed by atoms with van der Waals surface area (Å²) in [6, 6.07) is 15.7. The summed E-state index contributed by atoms with van der Waals surface area (Å²) < 4.78 is 45.1. The highest BCUT2D eigenvalue weighted by atomic mass is 35.5. The molecule has 0 saturated carbocycles. The number of anilines is 2. The van der Waals surface area contributed by atoms with E-state index in [4.69, 9.17) is 16.3 Å². The van der Waals surface area contributed by atoms with E-state index in [0.717, 1.165) is 4.31 Å². The lowest BCUT2D eigenvalue weighted by Crippen LogP contribution is -2.26. The molecule has 0 aliphatic carbocycles. The lowest BCUT2D eigenvalue weighted by molar-refractivity contribution is 0.102. The van der Waals surface area contributed by atoms with E-state index in [1.54, 1.807) is 18.2 Å². The van der Waals surface area contributed by atoms with Crippen molar-refractivity contribution in [2.24, 2.45) is 0 Å². The number of methoxy groups -OCH3 is 1. The van der Waals surface area contributed by atoms with E-state index in [1.807, 2.05) is 0 Å². The van der Waals surface area contributed by atoms with Gasteiger partial charge in [-0.2, -0.15) is 0 Å². The average Bonchev–Trinajstić information content (AvgIpc) is 2.73. The molecule has 3 aromatic carbocycles. The maximum absolute atomic E-state index is 13.3. The first-order valence-electron chi connectivity index (χ1n) is 8.72. The number of rotatable bonds is 6. The zero-order chi connectivity index (χ0) is 21.9. The molecule has 9 heteroatoms. The smallest absolute Gasteiger partial charge is 0.264 e. The molecule has 30 heavy (non-hydrogen) atoms. The molecule has 6 nitrogen and oxygen atoms in total. The van der Waals surface area contributed by atoms with Crippen molar-refractivity contribution < 1.29 is 22.3 Å². The van der Waals surface area contributed by atoms with Gasteiger partial charge in [-0.05, 0) is 60.7 Å². The van der Waals surface area contributed by atoms with Crippen molar-refractivity contribution in [3.8, 4) is 5.75 Å². The van der Waals surface area contributed by atoms with Gasteiger partial charge in [0.25, 0.3) is 15.9 Å². The molecule has 0 aromatic heterocycles. The van der Waals surface area contributed by atoms with Crippen molar-refractivity contribution in [2.75, 3.05) is 23.8 Å². The summed E-state index contributed by atoms with van der Waals surface area (Å²) in [6.07, 6.45) is 0. The molecule has 0 aliphatic heterocycles. The number of hydrogen-bond acceptors (Lipinski definition) is 4. The Balaban J connectivity index is 1.83. The van der Waals surface area contributed by atoms with Crippen LogP contribution in [0.1, 0.15) is 10.4 Å². The van der Waals surface area contributed by atoms with E-state index in [1.165, 1.54) is 62.7 Å². The van der Waals surface area contributed by atoms with Crippen LogP contribution in [0.2, 0.25) is 5.02 Å². The number of carbonyl (C=O) groups excluding carboxylic acids is 1. The van der Waals surface area contributed by atoms with Crippen LogP contribution in [0.25, 0.3) is 0 Å². The quantitative estimate of drug-likeness (QED) is 0.599. The Morgan fingerprint density at radius 2 is 1.77 bits per heavy atom. The first-order valence-corrected chi connectivity index (χ1v) is 10.5. The third-order valence-electron chi connectivity index (χ3n) is 4.36. The molecule has 0 saturated heterocycles. The third-order valence-corrected chi connectivity index (χ3v) is 6.47. The van der Waals surface area contributed by atoms with E-state index in [-0.39, 0.29) is 26.9 Å². The number of nitrogens with one attached hydrogen (secondary N) is 1. The van der Waals surface area contributed by atoms with Crippen LogP contribution < -0.4 is 14.4 Å². The largest absolute Gasteiger partial charge is 0.497 e. The van der Waals surface area contributed by atoms with Gasteiger partial charge in [0.05, 0.1) is 28.3 Å². The maximum atomic E-state index is 13.3. The van der Waals surface area contributed by atoms with Gasteiger partial charge >= 0.3 is 0 Å². The monoisotopic (exact) mass is 448 g/mol. The van der Waals surface area contributed by atoms with Crippen LogP contribution in [-0.4, -0.2) is 28.5 Å². The van der Waals surface area contributed by atoms with Crippen LogP contribution in [0.15, 0.2) is 71.6 Å². The van der Waals surface area contributed by atoms with Crippen molar-refractivity contribution in [2.45, 2.75) is 4.90 Å². The van der Waals surface area contributed by atoms with Crippen LogP contribution >= 0.6 is 11.6 Å². The minimum atomic E-state index is -3.84. The van der Waals surface area contributed by atoms with Gasteiger partial charge < -0.3 is 10.1 Å². The molecule has 0 unspecified atom stereocenters. The number of amides is 1. The predicted octanol–water partition coefficient (Wildman–Crippen LogP) is 4.57. The maximum Gasteiger partial charge on any atom is 0.264 e. The molecule has 0 radical (unpaired) electrons. The zero-order valence-corrected chi connectivity index (χ0v) is 17.7. The summed E-state index contributed by atoms with van der Waals surface area (Å²) in [6.45, 7) is 0. The number of carbonyl (C=O) groups is 1. The zero-order valence-electron chi connectivity index (χ0n) is 16.1. The minimum absolute atomic E-state index is 0.0539. The van der Waals surface area contributed by atoms with Gasteiger partial charge in [-0.15, -0.1) is 0 Å². The number of ether oxygens (including phenoxy) is 1. The second-order valence-electron chi connectivity index (χ2n) is 6.28. The minimum Gasteiger partial charge on any atom is -0.497 e. The number of sulfonamides is 1. The summed E-state index contributed by atoms with van der Waals surface area (Å²) in [5, 5.41) is 2.60. The Labute approximate surface area is 178 Å². The molecule has 156 valence electrons. The topological polar surface area (TPSA) is 75.7 Å². The fourth-order valence-electron chi connectivity index (χ4n) is 2.69. The Kier molecular flexibility index (Phi) is 6.28. The van der Waals surface area contributed by atoms with Crippen molar-refractivity contribution in [1.82, 2.24) is 0 Å². The van der Waals surface area contributed by atoms with Crippen LogP contribution in [0.4, 0.5) is 15.8 Å². The van der Waals surface area contributed by atoms with Gasteiger partial charge in [0, 0.05) is 12.7 Å². The molecule has 0 atom stereocenters. The van der Waals surface area contributed by atoms with Crippen LogP contribution in [0, 0.1) is 5.82 Å². The van der Waals surface area contributed by atoms with Gasteiger partial charge in [-0.25, -0.2) is 12.8 Å². The molecule has 0 fully saturated rings. The molecule has 0 bridgehead atoms. The highest BCUT2D eigenvalue weighted by Crippen LogP contribution is 2.28. The fourth-order valence-corrected chi connectivity index (χ4v) is 4.14. The highest BCUT2D eigenvalue weighted by molar-refractivity contribution is 7.92. The predicted molar refractivity (Wildman–Crippen MR) is 114 cm³/mol. The Bertz CT molecular complexity index is 1180. The molecule has 1 N–H and O–H groups in total. The van der Waals surface area contributed by atoms with E-state index >= 15 is 0 Å². The van der Waals surface area contributed by atoms with E-state index < -0.39 is 21.7 Å². The lowest BCUT2D eigenvalue weighted by atomic mass is 10.2. The standard InChI is InChI=1S/C21H18ClFN2O4S/c1-25(30(27,28)18-9-7-17(29-2)8-10-18)16-6-11-19(20(22)13-16)21(26)24-15-5-3-4-14(23)12-15/h3-13H,1-2H3,(H,24,26). The summed E-state index contributed by atoms with van der Waals surface area (Å²) >= 11 is 6.23. The molecule has 0 spiro atoms. The van der Waals surface area contributed by atoms with Gasteiger partial charge in [0.1, 0.15) is 11.6 Å². The van der Waals surface area contributed by atoms with Gasteiger partial charge in [0.15, 0.2) is 0 Å². The molecule has 3 rings (SSSR count). The number of hydrogen-bond donors (Lipinski definition) is 1. The lowest BCUT2D eigenvalue weighted by Gasteiger charge is -2.20. The van der Waals surface area contributed by atoms with Crippen LogP contribution in [0.5, 0.6) is 5.75 Å². The Hall–Kier alpha value is -3.10. The molecule has 0 heterocycles. The summed E-state index contributed by atoms with van der Waals surface area (Å²) in [7, 11) is -0.967. The normalized spacial score (nSPS) is 11.1. The number of halogens is 2. The first-order chi connectivity index (χ1) is 14.2. The molecule has 1 amide bonds. The van der Waals surface area contributed by atoms with Crippen molar-refractivity contribution in [3.05, 3.63) is 83.1 Å². The second-order valence-corrected chi connectivity index (χ2v) is 8.65. The molecule has 0 aliphatic rings. The van der Waals surface area contributed by atoms with Crippen molar-refractivity contribution >= 4 is 38.9 Å². The molecule has 3 aromatic rings. The average molecular weight is 449 g/mol. The second kappa shape index (κ2) is 8.73. The number of nitrogens with zero attached hydrogens (tertiary/aromatic N) is 1. The highest BCUT2D eigenvalue weighted by Gasteiger charge is 2.22. The number of benzene rings is 3. The fraction of sp³-hybridized carbons (Fsp3) is 0.0952. The Morgan fingerprint density at radius 3 is 2.37 bits per heavy atom. The molecular weight excluding hydrogens is 431 g/mol. The van der Waals surface area contributed by atoms with Crippen LogP contribution in [-0.2, 0) is 10.0 Å². The first kappa shape index (κ1) is 21.6. The van der Waals surface area contributed by atoms with Crippen LogP contribution in [0.3, 0.4) is 0 Å². The van der Waals surface area contributed by atoms with E-state index in [9.17, 15) is 17.6 Å². The van der Waals surface area contributed by atoms with Crippen molar-refractivity contribution in [3.63, 3.8) is 0 Å². The van der Waals surface area contributed by atoms with Gasteiger partial charge in [-0.1, -0.05) is 17.7 Å². The Morgan fingerprint density at radius 1 is 1.07 bits per heavy atom.